The predicted octanol–water partition coefficient (Wildman–Crippen LogP) is 1.28. The molecular formula is C11H10N2O4. The summed E-state index contributed by atoms with van der Waals surface area (Å²) in [5.41, 5.74) is 0.524. The molecule has 0 atom stereocenters. The second kappa shape index (κ2) is 4.17. The van der Waals surface area contributed by atoms with Crippen molar-refractivity contribution in [3.8, 4) is 17.3 Å². The van der Waals surface area contributed by atoms with Gasteiger partial charge in [-0.3, -0.25) is 0 Å². The molecule has 0 saturated carbocycles. The molecule has 6 nitrogen and oxygen atoms in total. The third-order valence-corrected chi connectivity index (χ3v) is 2.21. The van der Waals surface area contributed by atoms with Crippen molar-refractivity contribution in [3.05, 3.63) is 36.0 Å². The van der Waals surface area contributed by atoms with Crippen LogP contribution in [-0.4, -0.2) is 33.1 Å². The summed E-state index contributed by atoms with van der Waals surface area (Å²) in [5.74, 6) is -0.783. The minimum absolute atomic E-state index is 0.00691. The van der Waals surface area contributed by atoms with E-state index in [1.165, 1.54) is 30.0 Å². The first-order valence-corrected chi connectivity index (χ1v) is 4.78. The number of methoxy groups -OCH3 is 1. The van der Waals surface area contributed by atoms with Crippen LogP contribution in [0.15, 0.2) is 30.3 Å². The van der Waals surface area contributed by atoms with Gasteiger partial charge in [0.25, 0.3) is 0 Å². The predicted molar refractivity (Wildman–Crippen MR) is 58.7 cm³/mol. The lowest BCUT2D eigenvalue weighted by Crippen LogP contribution is -2.07. The Balaban J connectivity index is 2.53. The Morgan fingerprint density at radius 2 is 2.00 bits per heavy atom. The largest absolute Gasteiger partial charge is 0.508 e. The van der Waals surface area contributed by atoms with Crippen molar-refractivity contribution in [3.63, 3.8) is 0 Å². The summed E-state index contributed by atoms with van der Waals surface area (Å²) in [4.78, 5) is 11.0. The molecule has 2 rings (SSSR count). The number of carbonyl (C=O) groups is 1. The Bertz CT molecular complexity index is 545. The molecule has 0 radical (unpaired) electrons. The number of benzene rings is 1. The number of phenols is 1. The number of ether oxygens (including phenoxy) is 1. The van der Waals surface area contributed by atoms with Gasteiger partial charge in [-0.2, -0.15) is 0 Å². The number of hydrogen-bond donors (Lipinski definition) is 2. The molecule has 0 aliphatic rings. The van der Waals surface area contributed by atoms with E-state index in [0.717, 1.165) is 0 Å². The molecule has 1 aromatic heterocycles. The van der Waals surface area contributed by atoms with Crippen LogP contribution in [0.3, 0.4) is 0 Å². The summed E-state index contributed by atoms with van der Waals surface area (Å²) in [7, 11) is 1.41. The van der Waals surface area contributed by atoms with E-state index in [2.05, 4.69) is 5.10 Å². The Morgan fingerprint density at radius 3 is 2.53 bits per heavy atom. The lowest BCUT2D eigenvalue weighted by atomic mass is 10.3. The highest BCUT2D eigenvalue weighted by molar-refractivity contribution is 5.86. The Morgan fingerprint density at radius 1 is 1.35 bits per heavy atom. The van der Waals surface area contributed by atoms with Crippen molar-refractivity contribution in [2.24, 2.45) is 0 Å². The number of phenolic OH excluding ortho intramolecular Hbond substituents is 1. The maximum Gasteiger partial charge on any atom is 0.354 e. The molecule has 1 aromatic carbocycles. The fourth-order valence-corrected chi connectivity index (χ4v) is 1.40. The molecule has 0 aliphatic carbocycles. The molecular weight excluding hydrogens is 224 g/mol. The van der Waals surface area contributed by atoms with E-state index < -0.39 is 5.97 Å². The average molecular weight is 234 g/mol. The number of aromatic nitrogens is 2. The summed E-state index contributed by atoms with van der Waals surface area (Å²) in [5, 5.41) is 22.2. The number of rotatable bonds is 3. The zero-order valence-corrected chi connectivity index (χ0v) is 8.99. The molecule has 0 aliphatic heterocycles. The van der Waals surface area contributed by atoms with Gasteiger partial charge in [-0.05, 0) is 24.3 Å². The second-order valence-corrected chi connectivity index (χ2v) is 3.31. The molecule has 0 saturated heterocycles. The smallest absolute Gasteiger partial charge is 0.354 e. The van der Waals surface area contributed by atoms with Crippen molar-refractivity contribution >= 4 is 5.97 Å². The minimum atomic E-state index is -1.10. The number of nitrogens with zero attached hydrogens (tertiary/aromatic N) is 2. The van der Waals surface area contributed by atoms with Gasteiger partial charge < -0.3 is 14.9 Å². The van der Waals surface area contributed by atoms with E-state index in [4.69, 9.17) is 14.9 Å². The maximum absolute atomic E-state index is 11.0. The number of carboxylic acids is 1. The summed E-state index contributed by atoms with van der Waals surface area (Å²) >= 11 is 0. The van der Waals surface area contributed by atoms with E-state index >= 15 is 0 Å². The molecule has 2 N–H and O–H groups in total. The van der Waals surface area contributed by atoms with E-state index in [1.807, 2.05) is 0 Å². The van der Waals surface area contributed by atoms with Crippen LogP contribution in [0.25, 0.3) is 5.69 Å². The van der Waals surface area contributed by atoms with Crippen molar-refractivity contribution in [1.82, 2.24) is 9.78 Å². The van der Waals surface area contributed by atoms with Crippen molar-refractivity contribution < 1.29 is 19.7 Å². The van der Waals surface area contributed by atoms with Crippen LogP contribution in [0.5, 0.6) is 11.6 Å². The van der Waals surface area contributed by atoms with Gasteiger partial charge in [0, 0.05) is 6.07 Å². The van der Waals surface area contributed by atoms with Gasteiger partial charge in [-0.15, -0.1) is 5.10 Å². The number of carboxylic acid groups (broad SMARTS) is 1. The fraction of sp³-hybridized carbons (Fsp3) is 0.0909. The van der Waals surface area contributed by atoms with Gasteiger partial charge in [0.15, 0.2) is 5.69 Å². The first-order chi connectivity index (χ1) is 8.11. The number of hydrogen-bond acceptors (Lipinski definition) is 4. The highest BCUT2D eigenvalue weighted by Gasteiger charge is 2.15. The summed E-state index contributed by atoms with van der Waals surface area (Å²) in [6, 6.07) is 7.36. The molecule has 17 heavy (non-hydrogen) atoms. The molecule has 0 bridgehead atoms. The van der Waals surface area contributed by atoms with Crippen LogP contribution in [-0.2, 0) is 0 Å². The number of aromatic hydroxyl groups is 1. The van der Waals surface area contributed by atoms with E-state index in [0.29, 0.717) is 5.69 Å². The molecule has 6 heteroatoms. The van der Waals surface area contributed by atoms with Crippen LogP contribution < -0.4 is 4.74 Å². The molecule has 0 unspecified atom stereocenters. The maximum atomic E-state index is 11.0. The van der Waals surface area contributed by atoms with Crippen molar-refractivity contribution in [1.29, 1.82) is 0 Å². The normalized spacial score (nSPS) is 10.2. The van der Waals surface area contributed by atoms with Crippen LogP contribution in [0.4, 0.5) is 0 Å². The second-order valence-electron chi connectivity index (χ2n) is 3.31. The fourth-order valence-electron chi connectivity index (χ4n) is 1.40. The van der Waals surface area contributed by atoms with Crippen LogP contribution in [0.2, 0.25) is 0 Å². The topological polar surface area (TPSA) is 84.6 Å². The number of aromatic carboxylic acids is 1. The SMILES string of the molecule is COc1cc(C(=O)O)n(-c2ccc(O)cc2)n1. The third kappa shape index (κ3) is 2.05. The van der Waals surface area contributed by atoms with Gasteiger partial charge in [-0.25, -0.2) is 9.48 Å². The molecule has 0 fully saturated rings. The van der Waals surface area contributed by atoms with Gasteiger partial charge in [-0.1, -0.05) is 0 Å². The standard InChI is InChI=1S/C11H10N2O4/c1-17-10-6-9(11(15)16)13(12-10)7-2-4-8(14)5-3-7/h2-6,14H,1H3,(H,15,16). The Hall–Kier alpha value is -2.50. The Kier molecular flexibility index (Phi) is 2.70. The quantitative estimate of drug-likeness (QED) is 0.835. The minimum Gasteiger partial charge on any atom is -0.508 e. The third-order valence-electron chi connectivity index (χ3n) is 2.21. The van der Waals surface area contributed by atoms with Gasteiger partial charge in [0.1, 0.15) is 5.75 Å². The highest BCUT2D eigenvalue weighted by atomic mass is 16.5. The van der Waals surface area contributed by atoms with Gasteiger partial charge >= 0.3 is 5.97 Å². The first kappa shape index (κ1) is 11.0. The lowest BCUT2D eigenvalue weighted by Gasteiger charge is -2.03. The van der Waals surface area contributed by atoms with Crippen LogP contribution in [0, 0.1) is 0 Å². The van der Waals surface area contributed by atoms with Crippen molar-refractivity contribution in [2.45, 2.75) is 0 Å². The van der Waals surface area contributed by atoms with Crippen LogP contribution >= 0.6 is 0 Å². The molecule has 0 spiro atoms. The lowest BCUT2D eigenvalue weighted by molar-refractivity contribution is 0.0687. The molecule has 88 valence electrons. The van der Waals surface area contributed by atoms with E-state index in [-0.39, 0.29) is 17.3 Å². The van der Waals surface area contributed by atoms with Gasteiger partial charge in [0.05, 0.1) is 12.8 Å². The summed E-state index contributed by atoms with van der Waals surface area (Å²) < 4.78 is 6.12. The average Bonchev–Trinajstić information content (AvgIpc) is 2.74. The monoisotopic (exact) mass is 234 g/mol. The van der Waals surface area contributed by atoms with E-state index in [9.17, 15) is 4.79 Å². The van der Waals surface area contributed by atoms with E-state index in [1.54, 1.807) is 12.1 Å². The molecule has 1 heterocycles. The Labute approximate surface area is 96.7 Å². The first-order valence-electron chi connectivity index (χ1n) is 4.78. The summed E-state index contributed by atoms with van der Waals surface area (Å²) in [6.07, 6.45) is 0. The molecule has 2 aromatic rings. The zero-order chi connectivity index (χ0) is 12.4. The van der Waals surface area contributed by atoms with Gasteiger partial charge in [0.2, 0.25) is 5.88 Å². The van der Waals surface area contributed by atoms with Crippen molar-refractivity contribution in [2.75, 3.05) is 7.11 Å². The highest BCUT2D eigenvalue weighted by Crippen LogP contribution is 2.19. The molecule has 0 amide bonds. The summed E-state index contributed by atoms with van der Waals surface area (Å²) in [6.45, 7) is 0. The van der Waals surface area contributed by atoms with Crippen LogP contribution in [0.1, 0.15) is 10.5 Å². The zero-order valence-electron chi connectivity index (χ0n) is 8.99.